The highest BCUT2D eigenvalue weighted by Crippen LogP contribution is 2.23. The zero-order valence-electron chi connectivity index (χ0n) is 13.7. The second kappa shape index (κ2) is 6.53. The number of hydrogen-bond donors (Lipinski definition) is 0. The first-order valence-electron chi connectivity index (χ1n) is 7.58. The molecule has 2 heterocycles. The molecule has 0 atom stereocenters. The molecule has 0 fully saturated rings. The lowest BCUT2D eigenvalue weighted by atomic mass is 9.99. The molecule has 0 aliphatic carbocycles. The molecule has 3 aromatic rings. The Bertz CT molecular complexity index is 909. The van der Waals surface area contributed by atoms with Gasteiger partial charge in [-0.05, 0) is 43.2 Å². The molecule has 24 heavy (non-hydrogen) atoms. The third kappa shape index (κ3) is 3.08. The second-order valence-corrected chi connectivity index (χ2v) is 6.05. The molecule has 0 unspecified atom stereocenters. The fourth-order valence-electron chi connectivity index (χ4n) is 2.72. The van der Waals surface area contributed by atoms with Crippen LogP contribution in [0.4, 0.5) is 5.82 Å². The van der Waals surface area contributed by atoms with Gasteiger partial charge in [-0.15, -0.1) is 10.2 Å². The minimum absolute atomic E-state index is 0.0742. The minimum atomic E-state index is -0.0742. The number of carbonyl (C=O) groups excluding carboxylic acids is 1. The first-order chi connectivity index (χ1) is 11.5. The maximum Gasteiger partial charge on any atom is 0.232 e. The highest BCUT2D eigenvalue weighted by Gasteiger charge is 2.17. The number of rotatable bonds is 3. The lowest BCUT2D eigenvalue weighted by Crippen LogP contribution is -2.29. The van der Waals surface area contributed by atoms with Gasteiger partial charge in [-0.1, -0.05) is 29.8 Å². The molecule has 0 aliphatic heterocycles. The third-order valence-corrected chi connectivity index (χ3v) is 4.35. The molecular formula is C18H17ClN4O. The number of anilines is 1. The molecule has 3 rings (SSSR count). The molecule has 5 nitrogen and oxygen atoms in total. The van der Waals surface area contributed by atoms with Crippen LogP contribution in [0.5, 0.6) is 0 Å². The number of carbonyl (C=O) groups is 1. The highest BCUT2D eigenvalue weighted by molar-refractivity contribution is 6.29. The predicted octanol–water partition coefficient (Wildman–Crippen LogP) is 3.50. The topological polar surface area (TPSA) is 59.0 Å². The van der Waals surface area contributed by atoms with Gasteiger partial charge in [0.15, 0.2) is 11.0 Å². The van der Waals surface area contributed by atoms with Gasteiger partial charge in [-0.25, -0.2) is 0 Å². The van der Waals surface area contributed by atoms with Crippen LogP contribution < -0.4 is 4.90 Å². The first kappa shape index (κ1) is 16.3. The van der Waals surface area contributed by atoms with Crippen molar-refractivity contribution in [1.82, 2.24) is 15.2 Å². The van der Waals surface area contributed by atoms with E-state index in [2.05, 4.69) is 15.2 Å². The van der Waals surface area contributed by atoms with Gasteiger partial charge in [-0.2, -0.15) is 0 Å². The summed E-state index contributed by atoms with van der Waals surface area (Å²) >= 11 is 5.74. The normalized spacial score (nSPS) is 10.8. The summed E-state index contributed by atoms with van der Waals surface area (Å²) in [6, 6.07) is 11.2. The number of aromatic nitrogens is 3. The van der Waals surface area contributed by atoms with Crippen LogP contribution in [0, 0.1) is 13.8 Å². The van der Waals surface area contributed by atoms with Crippen LogP contribution in [-0.2, 0) is 11.2 Å². The number of hydrogen-bond acceptors (Lipinski definition) is 4. The molecule has 6 heteroatoms. The third-order valence-electron chi connectivity index (χ3n) is 4.15. The summed E-state index contributed by atoms with van der Waals surface area (Å²) in [6.07, 6.45) is 0.260. The smallest absolute Gasteiger partial charge is 0.232 e. The summed E-state index contributed by atoms with van der Waals surface area (Å²) in [4.78, 5) is 18.7. The number of nitrogens with zero attached hydrogens (tertiary/aromatic N) is 4. The number of pyridine rings is 1. The number of benzene rings is 1. The Kier molecular flexibility index (Phi) is 4.44. The average molecular weight is 341 g/mol. The van der Waals surface area contributed by atoms with E-state index >= 15 is 0 Å². The van der Waals surface area contributed by atoms with Crippen molar-refractivity contribution >= 4 is 34.2 Å². The zero-order valence-corrected chi connectivity index (χ0v) is 14.5. The Morgan fingerprint density at radius 1 is 1.12 bits per heavy atom. The molecule has 0 saturated heterocycles. The van der Waals surface area contributed by atoms with Crippen LogP contribution in [0.1, 0.15) is 16.8 Å². The van der Waals surface area contributed by atoms with Gasteiger partial charge in [0.2, 0.25) is 5.91 Å². The van der Waals surface area contributed by atoms with Crippen molar-refractivity contribution < 1.29 is 4.79 Å². The monoisotopic (exact) mass is 340 g/mol. The number of para-hydroxylation sites is 1. The molecule has 0 N–H and O–H groups in total. The maximum atomic E-state index is 12.6. The van der Waals surface area contributed by atoms with Gasteiger partial charge in [-0.3, -0.25) is 14.7 Å². The molecule has 0 saturated carbocycles. The fourth-order valence-corrected chi connectivity index (χ4v) is 2.82. The van der Waals surface area contributed by atoms with Gasteiger partial charge < -0.3 is 0 Å². The van der Waals surface area contributed by atoms with E-state index in [0.29, 0.717) is 11.0 Å². The largest absolute Gasteiger partial charge is 0.298 e. The summed E-state index contributed by atoms with van der Waals surface area (Å²) in [5, 5.41) is 9.08. The second-order valence-electron chi connectivity index (χ2n) is 5.66. The standard InChI is InChI=1S/C18H17ClN4O/c1-11-13-6-4-5-7-15(13)20-12(2)14(11)10-18(24)23(3)17-9-8-16(19)21-22-17/h4-9H,10H2,1-3H3. The van der Waals surface area contributed by atoms with Crippen molar-refractivity contribution in [2.45, 2.75) is 20.3 Å². The fraction of sp³-hybridized carbons (Fsp3) is 0.222. The molecule has 1 amide bonds. The summed E-state index contributed by atoms with van der Waals surface area (Å²) in [6.45, 7) is 3.96. The molecule has 0 aliphatic rings. The molecule has 0 radical (unpaired) electrons. The van der Waals surface area contributed by atoms with E-state index in [9.17, 15) is 4.79 Å². The Morgan fingerprint density at radius 2 is 1.88 bits per heavy atom. The van der Waals surface area contributed by atoms with E-state index in [1.807, 2.05) is 38.1 Å². The lowest BCUT2D eigenvalue weighted by molar-refractivity contribution is -0.117. The number of likely N-dealkylation sites (N-methyl/N-ethyl adjacent to an activating group) is 1. The molecule has 0 bridgehead atoms. The summed E-state index contributed by atoms with van der Waals surface area (Å²) in [7, 11) is 1.68. The van der Waals surface area contributed by atoms with Crippen molar-refractivity contribution in [3.8, 4) is 0 Å². The SMILES string of the molecule is Cc1nc2ccccc2c(C)c1CC(=O)N(C)c1ccc(Cl)nn1. The number of fused-ring (bicyclic) bond motifs is 1. The van der Waals surface area contributed by atoms with Crippen molar-refractivity contribution in [2.24, 2.45) is 0 Å². The Labute approximate surface area is 145 Å². The van der Waals surface area contributed by atoms with Gasteiger partial charge in [0.25, 0.3) is 0 Å². The Hall–Kier alpha value is -2.53. The highest BCUT2D eigenvalue weighted by atomic mass is 35.5. The molecular weight excluding hydrogens is 324 g/mol. The molecule has 122 valence electrons. The number of amides is 1. The van der Waals surface area contributed by atoms with Crippen LogP contribution in [-0.4, -0.2) is 28.1 Å². The maximum absolute atomic E-state index is 12.6. The van der Waals surface area contributed by atoms with E-state index in [-0.39, 0.29) is 12.3 Å². The van der Waals surface area contributed by atoms with Crippen molar-refractivity contribution in [2.75, 3.05) is 11.9 Å². The van der Waals surface area contributed by atoms with Crippen molar-refractivity contribution in [3.63, 3.8) is 0 Å². The van der Waals surface area contributed by atoms with Gasteiger partial charge >= 0.3 is 0 Å². The first-order valence-corrected chi connectivity index (χ1v) is 7.96. The van der Waals surface area contributed by atoms with Crippen LogP contribution in [0.25, 0.3) is 10.9 Å². The van der Waals surface area contributed by atoms with E-state index in [1.165, 1.54) is 4.90 Å². The predicted molar refractivity (Wildman–Crippen MR) is 95.4 cm³/mol. The van der Waals surface area contributed by atoms with Crippen LogP contribution >= 0.6 is 11.6 Å². The number of halogens is 1. The van der Waals surface area contributed by atoms with Crippen molar-refractivity contribution in [3.05, 3.63) is 58.4 Å². The van der Waals surface area contributed by atoms with Crippen molar-refractivity contribution in [1.29, 1.82) is 0 Å². The zero-order chi connectivity index (χ0) is 17.3. The minimum Gasteiger partial charge on any atom is -0.298 e. The summed E-state index contributed by atoms with van der Waals surface area (Å²) in [5.74, 6) is 0.392. The van der Waals surface area contributed by atoms with Gasteiger partial charge in [0.05, 0.1) is 11.9 Å². The van der Waals surface area contributed by atoms with E-state index < -0.39 is 0 Å². The molecule has 2 aromatic heterocycles. The summed E-state index contributed by atoms with van der Waals surface area (Å²) < 4.78 is 0. The number of aryl methyl sites for hydroxylation is 2. The van der Waals surface area contributed by atoms with E-state index in [4.69, 9.17) is 11.6 Å². The molecule has 0 spiro atoms. The van der Waals surface area contributed by atoms with Gasteiger partial charge in [0, 0.05) is 18.1 Å². The average Bonchev–Trinajstić information content (AvgIpc) is 2.58. The quantitative estimate of drug-likeness (QED) is 0.732. The van der Waals surface area contributed by atoms with Gasteiger partial charge in [0.1, 0.15) is 0 Å². The van der Waals surface area contributed by atoms with Crippen LogP contribution in [0.2, 0.25) is 5.15 Å². The van der Waals surface area contributed by atoms with E-state index in [1.54, 1.807) is 19.2 Å². The molecule has 1 aromatic carbocycles. The Morgan fingerprint density at radius 3 is 2.58 bits per heavy atom. The lowest BCUT2D eigenvalue weighted by Gasteiger charge is -2.18. The van der Waals surface area contributed by atoms with E-state index in [0.717, 1.165) is 27.7 Å². The van der Waals surface area contributed by atoms with Crippen LogP contribution in [0.3, 0.4) is 0 Å². The Balaban J connectivity index is 1.91. The summed E-state index contributed by atoms with van der Waals surface area (Å²) in [5.41, 5.74) is 3.85. The van der Waals surface area contributed by atoms with Crippen LogP contribution in [0.15, 0.2) is 36.4 Å².